The standard InChI is InChI=1S/C24H30N2O3/c1-18(29-23-10-7-19-5-3-4-6-20(19)17-23)24(27)26-15-13-25(14-16-26)21-8-11-22(28-2)12-9-21/h7-12,17-18H,3-6,13-16H2,1-2H3/t18-/m1/s1. The van der Waals surface area contributed by atoms with Crippen LogP contribution >= 0.6 is 0 Å². The van der Waals surface area contributed by atoms with Crippen LogP contribution in [0.2, 0.25) is 0 Å². The normalized spacial score (nSPS) is 17.4. The number of fused-ring (bicyclic) bond motifs is 1. The molecule has 0 saturated carbocycles. The molecule has 1 amide bonds. The van der Waals surface area contributed by atoms with Crippen molar-refractivity contribution in [2.75, 3.05) is 38.2 Å². The van der Waals surface area contributed by atoms with E-state index in [4.69, 9.17) is 9.47 Å². The Morgan fingerprint density at radius 2 is 1.55 bits per heavy atom. The second-order valence-electron chi connectivity index (χ2n) is 7.91. The Labute approximate surface area is 173 Å². The first kappa shape index (κ1) is 19.6. The van der Waals surface area contributed by atoms with Crippen LogP contribution in [0, 0.1) is 0 Å². The van der Waals surface area contributed by atoms with Gasteiger partial charge in [0.1, 0.15) is 11.5 Å². The minimum Gasteiger partial charge on any atom is -0.497 e. The van der Waals surface area contributed by atoms with Crippen molar-refractivity contribution in [1.82, 2.24) is 4.90 Å². The number of nitrogens with zero attached hydrogens (tertiary/aromatic N) is 2. The molecular formula is C24H30N2O3. The third-order valence-corrected chi connectivity index (χ3v) is 6.01. The van der Waals surface area contributed by atoms with Gasteiger partial charge in [0.2, 0.25) is 0 Å². The summed E-state index contributed by atoms with van der Waals surface area (Å²) < 4.78 is 11.2. The molecule has 0 bridgehead atoms. The van der Waals surface area contributed by atoms with E-state index in [0.29, 0.717) is 13.1 Å². The lowest BCUT2D eigenvalue weighted by Crippen LogP contribution is -2.52. The fraction of sp³-hybridized carbons (Fsp3) is 0.458. The van der Waals surface area contributed by atoms with Gasteiger partial charge in [0.25, 0.3) is 5.91 Å². The van der Waals surface area contributed by atoms with E-state index in [9.17, 15) is 4.79 Å². The van der Waals surface area contributed by atoms with Gasteiger partial charge in [0.05, 0.1) is 7.11 Å². The highest BCUT2D eigenvalue weighted by Crippen LogP contribution is 2.26. The highest BCUT2D eigenvalue weighted by atomic mass is 16.5. The summed E-state index contributed by atoms with van der Waals surface area (Å²) in [4.78, 5) is 17.1. The fourth-order valence-corrected chi connectivity index (χ4v) is 4.27. The molecule has 5 heteroatoms. The van der Waals surface area contributed by atoms with Crippen LogP contribution in [0.15, 0.2) is 42.5 Å². The van der Waals surface area contributed by atoms with Crippen LogP contribution in [-0.4, -0.2) is 50.2 Å². The summed E-state index contributed by atoms with van der Waals surface area (Å²) in [5.74, 6) is 1.73. The van der Waals surface area contributed by atoms with Gasteiger partial charge in [0.15, 0.2) is 6.10 Å². The van der Waals surface area contributed by atoms with Crippen LogP contribution in [0.4, 0.5) is 5.69 Å². The van der Waals surface area contributed by atoms with Gasteiger partial charge in [0, 0.05) is 31.9 Å². The topological polar surface area (TPSA) is 42.0 Å². The second-order valence-corrected chi connectivity index (χ2v) is 7.91. The van der Waals surface area contributed by atoms with Crippen LogP contribution in [0.3, 0.4) is 0 Å². The molecule has 1 saturated heterocycles. The summed E-state index contributed by atoms with van der Waals surface area (Å²) in [5.41, 5.74) is 3.97. The van der Waals surface area contributed by atoms with Gasteiger partial charge in [-0.15, -0.1) is 0 Å². The average Bonchev–Trinajstić information content (AvgIpc) is 2.78. The van der Waals surface area contributed by atoms with Crippen LogP contribution < -0.4 is 14.4 Å². The predicted octanol–water partition coefficient (Wildman–Crippen LogP) is 3.69. The van der Waals surface area contributed by atoms with E-state index in [-0.39, 0.29) is 5.91 Å². The van der Waals surface area contributed by atoms with Gasteiger partial charge in [-0.3, -0.25) is 4.79 Å². The zero-order valence-electron chi connectivity index (χ0n) is 17.4. The molecule has 2 aromatic rings. The molecule has 1 fully saturated rings. The molecule has 1 aliphatic heterocycles. The Kier molecular flexibility index (Phi) is 5.93. The molecule has 0 aromatic heterocycles. The quantitative estimate of drug-likeness (QED) is 0.776. The number of anilines is 1. The number of methoxy groups -OCH3 is 1. The number of aryl methyl sites for hydroxylation is 2. The maximum Gasteiger partial charge on any atom is 0.263 e. The molecule has 1 aliphatic carbocycles. The first-order chi connectivity index (χ1) is 14.1. The zero-order valence-corrected chi connectivity index (χ0v) is 17.4. The largest absolute Gasteiger partial charge is 0.497 e. The SMILES string of the molecule is COc1ccc(N2CCN(C(=O)[C@@H](C)Oc3ccc4c(c3)CCCC4)CC2)cc1. The number of piperazine rings is 1. The number of carbonyl (C=O) groups excluding carboxylic acids is 1. The molecule has 1 atom stereocenters. The van der Waals surface area contributed by atoms with E-state index in [2.05, 4.69) is 29.2 Å². The highest BCUT2D eigenvalue weighted by molar-refractivity contribution is 5.81. The first-order valence-corrected chi connectivity index (χ1v) is 10.6. The van der Waals surface area contributed by atoms with E-state index in [1.807, 2.05) is 30.0 Å². The van der Waals surface area contributed by atoms with E-state index in [1.54, 1.807) is 7.11 Å². The molecule has 29 heavy (non-hydrogen) atoms. The van der Waals surface area contributed by atoms with Crippen LogP contribution in [0.25, 0.3) is 0 Å². The van der Waals surface area contributed by atoms with Crippen molar-refractivity contribution in [3.05, 3.63) is 53.6 Å². The lowest BCUT2D eigenvalue weighted by atomic mass is 9.92. The Morgan fingerprint density at radius 1 is 0.897 bits per heavy atom. The smallest absolute Gasteiger partial charge is 0.263 e. The average molecular weight is 395 g/mol. The number of amides is 1. The van der Waals surface area contributed by atoms with Gasteiger partial charge in [-0.1, -0.05) is 6.07 Å². The number of rotatable bonds is 5. The predicted molar refractivity (Wildman–Crippen MR) is 115 cm³/mol. The van der Waals surface area contributed by atoms with Crippen LogP contribution in [-0.2, 0) is 17.6 Å². The van der Waals surface area contributed by atoms with Gasteiger partial charge in [-0.25, -0.2) is 0 Å². The Balaban J connectivity index is 1.31. The summed E-state index contributed by atoms with van der Waals surface area (Å²) in [5, 5.41) is 0. The van der Waals surface area contributed by atoms with Crippen LogP contribution in [0.1, 0.15) is 30.9 Å². The minimum atomic E-state index is -0.468. The van der Waals surface area contributed by atoms with Crippen LogP contribution in [0.5, 0.6) is 11.5 Å². The van der Waals surface area contributed by atoms with E-state index in [0.717, 1.165) is 43.1 Å². The lowest BCUT2D eigenvalue weighted by molar-refractivity contribution is -0.138. The fourth-order valence-electron chi connectivity index (χ4n) is 4.27. The molecular weight excluding hydrogens is 364 g/mol. The van der Waals surface area contributed by atoms with Gasteiger partial charge in [-0.05, 0) is 80.1 Å². The number of ether oxygens (including phenoxy) is 2. The maximum atomic E-state index is 12.9. The van der Waals surface area contributed by atoms with Crippen molar-refractivity contribution in [2.45, 2.75) is 38.7 Å². The number of hydrogen-bond donors (Lipinski definition) is 0. The number of carbonyl (C=O) groups is 1. The molecule has 2 aromatic carbocycles. The van der Waals surface area contributed by atoms with E-state index in [1.165, 1.54) is 24.0 Å². The summed E-state index contributed by atoms with van der Waals surface area (Å²) in [6.45, 7) is 4.93. The molecule has 0 N–H and O–H groups in total. The Morgan fingerprint density at radius 3 is 2.24 bits per heavy atom. The summed E-state index contributed by atoms with van der Waals surface area (Å²) in [6.07, 6.45) is 4.31. The number of hydrogen-bond acceptors (Lipinski definition) is 4. The second kappa shape index (κ2) is 8.76. The van der Waals surface area contributed by atoms with Crippen molar-refractivity contribution in [3.63, 3.8) is 0 Å². The summed E-state index contributed by atoms with van der Waals surface area (Å²) in [6, 6.07) is 14.4. The van der Waals surface area contributed by atoms with Gasteiger partial charge in [-0.2, -0.15) is 0 Å². The van der Waals surface area contributed by atoms with Crippen molar-refractivity contribution in [3.8, 4) is 11.5 Å². The molecule has 0 spiro atoms. The Hall–Kier alpha value is -2.69. The van der Waals surface area contributed by atoms with Crippen molar-refractivity contribution >= 4 is 11.6 Å². The van der Waals surface area contributed by atoms with Crippen molar-refractivity contribution < 1.29 is 14.3 Å². The summed E-state index contributed by atoms with van der Waals surface area (Å²) in [7, 11) is 1.67. The van der Waals surface area contributed by atoms with Crippen molar-refractivity contribution in [1.29, 1.82) is 0 Å². The lowest BCUT2D eigenvalue weighted by Gasteiger charge is -2.37. The molecule has 0 unspecified atom stereocenters. The zero-order chi connectivity index (χ0) is 20.2. The van der Waals surface area contributed by atoms with Crippen molar-refractivity contribution in [2.24, 2.45) is 0 Å². The van der Waals surface area contributed by atoms with Gasteiger partial charge >= 0.3 is 0 Å². The number of benzene rings is 2. The van der Waals surface area contributed by atoms with E-state index >= 15 is 0 Å². The molecule has 1 heterocycles. The third kappa shape index (κ3) is 4.50. The monoisotopic (exact) mass is 394 g/mol. The highest BCUT2D eigenvalue weighted by Gasteiger charge is 2.26. The van der Waals surface area contributed by atoms with E-state index < -0.39 is 6.10 Å². The maximum absolute atomic E-state index is 12.9. The Bertz CT molecular complexity index is 842. The molecule has 0 radical (unpaired) electrons. The minimum absolute atomic E-state index is 0.0668. The van der Waals surface area contributed by atoms with Gasteiger partial charge < -0.3 is 19.3 Å². The molecule has 2 aliphatic rings. The first-order valence-electron chi connectivity index (χ1n) is 10.6. The molecule has 4 rings (SSSR count). The third-order valence-electron chi connectivity index (χ3n) is 6.01. The summed E-state index contributed by atoms with van der Waals surface area (Å²) >= 11 is 0. The molecule has 154 valence electrons. The molecule has 5 nitrogen and oxygen atoms in total.